The smallest absolute Gasteiger partial charge is 0.257 e. The fourth-order valence-electron chi connectivity index (χ4n) is 1.56. The maximum atomic E-state index is 9.75. The van der Waals surface area contributed by atoms with E-state index in [1.165, 1.54) is 0 Å². The minimum Gasteiger partial charge on any atom is -0.471 e. The molecule has 0 aromatic carbocycles. The van der Waals surface area contributed by atoms with Gasteiger partial charge in [0, 0.05) is 0 Å². The van der Waals surface area contributed by atoms with Crippen LogP contribution in [0.25, 0.3) is 0 Å². The Morgan fingerprint density at radius 3 is 2.53 bits per heavy atom. The summed E-state index contributed by atoms with van der Waals surface area (Å²) in [7, 11) is 0. The average molecular weight is 267 g/mol. The Bertz CT molecular complexity index is 266. The van der Waals surface area contributed by atoms with Crippen LogP contribution in [0.15, 0.2) is 0 Å². The first kappa shape index (κ1) is 14.6. The van der Waals surface area contributed by atoms with Crippen molar-refractivity contribution in [3.8, 4) is 0 Å². The van der Waals surface area contributed by atoms with E-state index in [1.54, 1.807) is 6.92 Å². The molecule has 0 aromatic rings. The van der Waals surface area contributed by atoms with E-state index in [-0.39, 0.29) is 5.17 Å². The van der Waals surface area contributed by atoms with Crippen molar-refractivity contribution in [1.29, 1.82) is 0 Å². The van der Waals surface area contributed by atoms with Crippen molar-refractivity contribution in [2.45, 2.75) is 37.6 Å². The topological polar surface area (TPSA) is 111 Å². The molecule has 1 rings (SSSR count). The van der Waals surface area contributed by atoms with Crippen molar-refractivity contribution in [1.82, 2.24) is 5.32 Å². The predicted octanol–water partition coefficient (Wildman–Crippen LogP) is -2.30. The van der Waals surface area contributed by atoms with E-state index in [9.17, 15) is 15.3 Å². The number of aliphatic hydroxyl groups excluding tert-OH is 4. The number of nitrogens with one attached hydrogen (secondary N) is 1. The largest absolute Gasteiger partial charge is 0.471 e. The van der Waals surface area contributed by atoms with E-state index in [4.69, 9.17) is 26.8 Å². The molecule has 0 saturated carbocycles. The van der Waals surface area contributed by atoms with Gasteiger partial charge in [0.05, 0.1) is 13.2 Å². The summed E-state index contributed by atoms with van der Waals surface area (Å²) in [4.78, 5) is 0. The third-order valence-electron chi connectivity index (χ3n) is 2.46. The normalized spacial score (nSPS) is 37.6. The lowest BCUT2D eigenvalue weighted by atomic mass is 9.97. The molecule has 1 fully saturated rings. The summed E-state index contributed by atoms with van der Waals surface area (Å²) in [6, 6.07) is -1.01. The Morgan fingerprint density at radius 1 is 1.35 bits per heavy atom. The quantitative estimate of drug-likeness (QED) is 0.363. The van der Waals surface area contributed by atoms with E-state index in [2.05, 4.69) is 5.32 Å². The van der Waals surface area contributed by atoms with Gasteiger partial charge in [-0.3, -0.25) is 0 Å². The summed E-state index contributed by atoms with van der Waals surface area (Å²) >= 11 is 4.79. The third kappa shape index (κ3) is 3.47. The number of hydrogen-bond donors (Lipinski definition) is 5. The zero-order chi connectivity index (χ0) is 13.0. The number of hydrogen-bond acceptors (Lipinski definition) is 7. The molecule has 1 heterocycles. The molecule has 1 aliphatic heterocycles. The van der Waals surface area contributed by atoms with Crippen LogP contribution in [0.3, 0.4) is 0 Å². The highest BCUT2D eigenvalue weighted by molar-refractivity contribution is 7.80. The molecule has 0 aromatic heterocycles. The molecule has 0 radical (unpaired) electrons. The molecule has 0 unspecified atom stereocenters. The fraction of sp³-hybridized carbons (Fsp3) is 0.889. The first-order valence-corrected chi connectivity index (χ1v) is 5.65. The molecule has 0 spiro atoms. The highest BCUT2D eigenvalue weighted by Crippen LogP contribution is 2.19. The molecule has 0 aliphatic carbocycles. The molecular weight excluding hydrogens is 250 g/mol. The summed E-state index contributed by atoms with van der Waals surface area (Å²) in [6.45, 7) is 1.57. The van der Waals surface area contributed by atoms with Gasteiger partial charge in [-0.15, -0.1) is 0 Å². The molecule has 8 heteroatoms. The van der Waals surface area contributed by atoms with E-state index in [0.29, 0.717) is 6.61 Å². The van der Waals surface area contributed by atoms with Crippen molar-refractivity contribution in [2.24, 2.45) is 0 Å². The van der Waals surface area contributed by atoms with Crippen LogP contribution in [0.1, 0.15) is 6.92 Å². The Morgan fingerprint density at radius 2 is 2.00 bits per heavy atom. The van der Waals surface area contributed by atoms with Crippen LogP contribution in [0.5, 0.6) is 0 Å². The van der Waals surface area contributed by atoms with Crippen molar-refractivity contribution in [3.05, 3.63) is 0 Å². The van der Waals surface area contributed by atoms with Crippen molar-refractivity contribution in [3.63, 3.8) is 0 Å². The van der Waals surface area contributed by atoms with Gasteiger partial charge in [-0.25, -0.2) is 0 Å². The van der Waals surface area contributed by atoms with Gasteiger partial charge in [-0.2, -0.15) is 0 Å². The Kier molecular flexibility index (Phi) is 5.50. The van der Waals surface area contributed by atoms with E-state index < -0.39 is 37.3 Å². The zero-order valence-electron chi connectivity index (χ0n) is 9.31. The molecule has 5 atom stereocenters. The molecule has 0 bridgehead atoms. The van der Waals surface area contributed by atoms with Crippen LogP contribution in [-0.2, 0) is 9.47 Å². The number of thiocarbonyl (C=S) groups is 1. The van der Waals surface area contributed by atoms with Crippen LogP contribution in [0, 0.1) is 0 Å². The van der Waals surface area contributed by atoms with Gasteiger partial charge >= 0.3 is 0 Å². The van der Waals surface area contributed by atoms with Gasteiger partial charge in [0.1, 0.15) is 24.4 Å². The maximum absolute atomic E-state index is 9.75. The summed E-state index contributed by atoms with van der Waals surface area (Å²) in [5, 5.41) is 40.3. The van der Waals surface area contributed by atoms with Gasteiger partial charge < -0.3 is 35.2 Å². The predicted molar refractivity (Wildman–Crippen MR) is 61.1 cm³/mol. The highest BCUT2D eigenvalue weighted by Gasteiger charge is 2.44. The zero-order valence-corrected chi connectivity index (χ0v) is 10.1. The van der Waals surface area contributed by atoms with Crippen molar-refractivity contribution >= 4 is 17.4 Å². The lowest BCUT2D eigenvalue weighted by Gasteiger charge is -2.40. The van der Waals surface area contributed by atoms with Crippen LogP contribution < -0.4 is 5.32 Å². The fourth-order valence-corrected chi connectivity index (χ4v) is 1.82. The Balaban J connectivity index is 2.63. The molecular formula is C9H17NO6S. The minimum atomic E-state index is -1.40. The summed E-state index contributed by atoms with van der Waals surface area (Å²) < 4.78 is 9.87. The van der Waals surface area contributed by atoms with Gasteiger partial charge in [0.2, 0.25) is 0 Å². The summed E-state index contributed by atoms with van der Waals surface area (Å²) in [5.41, 5.74) is 0. The first-order chi connectivity index (χ1) is 8.01. The lowest BCUT2D eigenvalue weighted by Crippen LogP contribution is -2.64. The van der Waals surface area contributed by atoms with Crippen LogP contribution in [0.2, 0.25) is 0 Å². The summed E-state index contributed by atoms with van der Waals surface area (Å²) in [6.07, 6.45) is -5.07. The molecule has 7 nitrogen and oxygen atoms in total. The number of rotatable bonds is 3. The molecule has 1 saturated heterocycles. The Hall–Kier alpha value is -0.510. The second-order valence-corrected chi connectivity index (χ2v) is 3.99. The Labute approximate surface area is 104 Å². The van der Waals surface area contributed by atoms with Crippen LogP contribution in [0.4, 0.5) is 0 Å². The van der Waals surface area contributed by atoms with Gasteiger partial charge in [0.15, 0.2) is 6.29 Å². The SMILES string of the molecule is CCOC(=S)N[C@@H]1[C@@H](O)[C@H](O)[C@@H](CO)O[C@@H]1O. The first-order valence-electron chi connectivity index (χ1n) is 5.25. The van der Waals surface area contributed by atoms with Gasteiger partial charge in [-0.1, -0.05) is 0 Å². The molecule has 0 amide bonds. The van der Waals surface area contributed by atoms with E-state index >= 15 is 0 Å². The minimum absolute atomic E-state index is 0.00570. The lowest BCUT2D eigenvalue weighted by molar-refractivity contribution is -0.252. The molecule has 1 aliphatic rings. The third-order valence-corrected chi connectivity index (χ3v) is 2.70. The van der Waals surface area contributed by atoms with Crippen LogP contribution in [-0.4, -0.2) is 69.5 Å². The monoisotopic (exact) mass is 267 g/mol. The maximum Gasteiger partial charge on any atom is 0.257 e. The average Bonchev–Trinajstić information content (AvgIpc) is 2.29. The van der Waals surface area contributed by atoms with Crippen molar-refractivity contribution < 1.29 is 29.9 Å². The standard InChI is InChI=1S/C9H17NO6S/c1-2-15-9(17)10-5-7(13)6(12)4(3-11)16-8(5)14/h4-8,11-14H,2-3H2,1H3,(H,10,17)/t4-,5-,6-,7-,8+/m1/s1. The highest BCUT2D eigenvalue weighted by atomic mass is 32.1. The van der Waals surface area contributed by atoms with E-state index in [0.717, 1.165) is 0 Å². The van der Waals surface area contributed by atoms with Crippen LogP contribution >= 0.6 is 12.2 Å². The second kappa shape index (κ2) is 6.43. The second-order valence-electron chi connectivity index (χ2n) is 3.62. The number of ether oxygens (including phenoxy) is 2. The van der Waals surface area contributed by atoms with Gasteiger partial charge in [0.25, 0.3) is 5.17 Å². The number of aliphatic hydroxyl groups is 4. The summed E-state index contributed by atoms with van der Waals surface area (Å²) in [5.74, 6) is 0. The molecule has 100 valence electrons. The molecule has 5 N–H and O–H groups in total. The molecule has 17 heavy (non-hydrogen) atoms. The van der Waals surface area contributed by atoms with Gasteiger partial charge in [-0.05, 0) is 19.1 Å². The van der Waals surface area contributed by atoms with Crippen molar-refractivity contribution in [2.75, 3.05) is 13.2 Å². The van der Waals surface area contributed by atoms with E-state index in [1.807, 2.05) is 0 Å².